The van der Waals surface area contributed by atoms with Gasteiger partial charge in [0.05, 0.1) is 0 Å². The molecule has 1 amide bonds. The molecule has 2 heterocycles. The minimum atomic E-state index is -0.785. The number of carbonyl (C=O) groups is 2. The molecular weight excluding hydrogens is 310 g/mol. The first-order valence-electron chi connectivity index (χ1n) is 8.47. The molecule has 0 saturated carbocycles. The maximum Gasteiger partial charge on any atom is 0.303 e. The van der Waals surface area contributed by atoms with Gasteiger partial charge >= 0.3 is 5.97 Å². The number of carboxylic acid groups (broad SMARTS) is 1. The molecule has 0 bridgehead atoms. The third-order valence-corrected chi connectivity index (χ3v) is 4.68. The van der Waals surface area contributed by atoms with Crippen LogP contribution in [-0.4, -0.2) is 47.2 Å². The first kappa shape index (κ1) is 16.6. The van der Waals surface area contributed by atoms with Gasteiger partial charge in [-0.1, -0.05) is 12.1 Å². The number of para-hydroxylation sites is 2. The highest BCUT2D eigenvalue weighted by Gasteiger charge is 2.38. The molecule has 0 radical (unpaired) electrons. The molecule has 0 unspecified atom stereocenters. The summed E-state index contributed by atoms with van der Waals surface area (Å²) in [7, 11) is 0. The number of rotatable bonds is 4. The van der Waals surface area contributed by atoms with E-state index < -0.39 is 12.1 Å². The minimum Gasteiger partial charge on any atom is -0.482 e. The van der Waals surface area contributed by atoms with Crippen molar-refractivity contribution in [3.63, 3.8) is 0 Å². The first-order chi connectivity index (χ1) is 11.5. The maximum atomic E-state index is 12.9. The lowest BCUT2D eigenvalue weighted by Gasteiger charge is -2.38. The van der Waals surface area contributed by atoms with Gasteiger partial charge in [-0.2, -0.15) is 0 Å². The molecule has 1 fully saturated rings. The van der Waals surface area contributed by atoms with Crippen LogP contribution in [0.4, 0.5) is 0 Å². The Morgan fingerprint density at radius 3 is 2.67 bits per heavy atom. The van der Waals surface area contributed by atoms with Crippen molar-refractivity contribution in [3.8, 4) is 11.5 Å². The summed E-state index contributed by atoms with van der Waals surface area (Å²) in [5, 5.41) is 8.83. The van der Waals surface area contributed by atoms with Crippen molar-refractivity contribution >= 4 is 11.9 Å². The van der Waals surface area contributed by atoms with Crippen molar-refractivity contribution in [3.05, 3.63) is 24.3 Å². The first-order valence-corrected chi connectivity index (χ1v) is 8.47. The fourth-order valence-electron chi connectivity index (χ4n) is 3.40. The summed E-state index contributed by atoms with van der Waals surface area (Å²) in [4.78, 5) is 25.4. The van der Waals surface area contributed by atoms with Gasteiger partial charge in [-0.25, -0.2) is 0 Å². The summed E-state index contributed by atoms with van der Waals surface area (Å²) >= 11 is 0. The topological polar surface area (TPSA) is 76.1 Å². The molecule has 6 nitrogen and oxygen atoms in total. The predicted molar refractivity (Wildman–Crippen MR) is 87.1 cm³/mol. The average Bonchev–Trinajstić information content (AvgIpc) is 2.59. The molecule has 0 spiro atoms. The number of amides is 1. The minimum absolute atomic E-state index is 0.0722. The summed E-state index contributed by atoms with van der Waals surface area (Å²) in [6, 6.07) is 7.35. The predicted octanol–water partition coefficient (Wildman–Crippen LogP) is 2.32. The largest absolute Gasteiger partial charge is 0.482 e. The fraction of sp³-hybridized carbons (Fsp3) is 0.556. The number of hydrogen-bond acceptors (Lipinski definition) is 4. The highest BCUT2D eigenvalue weighted by atomic mass is 16.6. The molecule has 130 valence electrons. The Labute approximate surface area is 141 Å². The molecule has 6 heteroatoms. The van der Waals surface area contributed by atoms with E-state index in [0.717, 1.165) is 12.8 Å². The van der Waals surface area contributed by atoms with E-state index in [4.69, 9.17) is 14.6 Å². The van der Waals surface area contributed by atoms with Crippen LogP contribution in [0.15, 0.2) is 24.3 Å². The molecule has 1 N–H and O–H groups in total. The van der Waals surface area contributed by atoms with Gasteiger partial charge in [-0.3, -0.25) is 9.59 Å². The summed E-state index contributed by atoms with van der Waals surface area (Å²) in [6.07, 6.45) is 1.62. The SMILES string of the molecule is C[C@@H]1Oc2ccccc2O[C@@H]1C(=O)N1CCC[C@H](CCC(=O)O)C1. The number of aliphatic carboxylic acids is 1. The Hall–Kier alpha value is -2.24. The van der Waals surface area contributed by atoms with Gasteiger partial charge in [0.2, 0.25) is 6.10 Å². The van der Waals surface area contributed by atoms with Crippen LogP contribution in [0.3, 0.4) is 0 Å². The Morgan fingerprint density at radius 2 is 1.96 bits per heavy atom. The second-order valence-electron chi connectivity index (χ2n) is 6.53. The van der Waals surface area contributed by atoms with E-state index in [1.165, 1.54) is 0 Å². The highest BCUT2D eigenvalue weighted by molar-refractivity contribution is 5.82. The van der Waals surface area contributed by atoms with Gasteiger partial charge in [0.15, 0.2) is 11.5 Å². The number of carboxylic acids is 1. The number of fused-ring (bicyclic) bond motifs is 1. The summed E-state index contributed by atoms with van der Waals surface area (Å²) in [6.45, 7) is 3.13. The number of benzene rings is 1. The van der Waals surface area contributed by atoms with Crippen LogP contribution < -0.4 is 9.47 Å². The average molecular weight is 333 g/mol. The normalized spacial score (nSPS) is 26.0. The molecule has 2 aliphatic rings. The molecule has 1 aromatic carbocycles. The molecular formula is C18H23NO5. The van der Waals surface area contributed by atoms with Gasteiger partial charge < -0.3 is 19.5 Å². The van der Waals surface area contributed by atoms with Gasteiger partial charge in [-0.05, 0) is 44.2 Å². The fourth-order valence-corrected chi connectivity index (χ4v) is 3.40. The second kappa shape index (κ2) is 7.11. The summed E-state index contributed by atoms with van der Waals surface area (Å²) < 4.78 is 11.7. The van der Waals surface area contributed by atoms with Crippen LogP contribution in [0.2, 0.25) is 0 Å². The zero-order valence-corrected chi connectivity index (χ0v) is 13.8. The molecule has 2 aliphatic heterocycles. The Balaban J connectivity index is 1.64. The molecule has 0 aromatic heterocycles. The highest BCUT2D eigenvalue weighted by Crippen LogP contribution is 2.34. The van der Waals surface area contributed by atoms with E-state index in [1.807, 2.05) is 25.1 Å². The third-order valence-electron chi connectivity index (χ3n) is 4.68. The van der Waals surface area contributed by atoms with Gasteiger partial charge in [0, 0.05) is 19.5 Å². The van der Waals surface area contributed by atoms with Crippen LogP contribution in [-0.2, 0) is 9.59 Å². The number of ether oxygens (including phenoxy) is 2. The molecule has 24 heavy (non-hydrogen) atoms. The van der Waals surface area contributed by atoms with Crippen LogP contribution in [0, 0.1) is 5.92 Å². The van der Waals surface area contributed by atoms with Crippen LogP contribution >= 0.6 is 0 Å². The van der Waals surface area contributed by atoms with Gasteiger partial charge in [0.25, 0.3) is 5.91 Å². The third kappa shape index (κ3) is 3.63. The summed E-state index contributed by atoms with van der Waals surface area (Å²) in [5.74, 6) is 0.635. The van der Waals surface area contributed by atoms with Crippen molar-refractivity contribution in [1.29, 1.82) is 0 Å². The van der Waals surface area contributed by atoms with Gasteiger partial charge in [0.1, 0.15) is 6.10 Å². The van der Waals surface area contributed by atoms with E-state index in [0.29, 0.717) is 31.0 Å². The van der Waals surface area contributed by atoms with Gasteiger partial charge in [-0.15, -0.1) is 0 Å². The van der Waals surface area contributed by atoms with Crippen LogP contribution in [0.25, 0.3) is 0 Å². The molecule has 1 aromatic rings. The lowest BCUT2D eigenvalue weighted by Crippen LogP contribution is -2.53. The van der Waals surface area contributed by atoms with Crippen molar-refractivity contribution in [2.75, 3.05) is 13.1 Å². The molecule has 1 saturated heterocycles. The summed E-state index contributed by atoms with van der Waals surface area (Å²) in [5.41, 5.74) is 0. The zero-order valence-electron chi connectivity index (χ0n) is 13.8. The van der Waals surface area contributed by atoms with E-state index in [-0.39, 0.29) is 24.3 Å². The Kier molecular flexibility index (Phi) is 4.92. The maximum absolute atomic E-state index is 12.9. The van der Waals surface area contributed by atoms with E-state index in [9.17, 15) is 9.59 Å². The van der Waals surface area contributed by atoms with Crippen molar-refractivity contribution in [1.82, 2.24) is 4.90 Å². The van der Waals surface area contributed by atoms with Crippen molar-refractivity contribution < 1.29 is 24.2 Å². The zero-order chi connectivity index (χ0) is 17.1. The standard InChI is InChI=1S/C18H23NO5/c1-12-17(24-15-7-3-2-6-14(15)23-12)18(22)19-10-4-5-13(11-19)8-9-16(20)21/h2-3,6-7,12-13,17H,4-5,8-11H2,1H3,(H,20,21)/t12-,13+,17-/m0/s1. The van der Waals surface area contributed by atoms with Crippen molar-refractivity contribution in [2.45, 2.75) is 44.8 Å². The molecule has 0 aliphatic carbocycles. The number of piperidine rings is 1. The number of hydrogen-bond donors (Lipinski definition) is 1. The number of likely N-dealkylation sites (tertiary alicyclic amines) is 1. The van der Waals surface area contributed by atoms with Crippen LogP contribution in [0.5, 0.6) is 11.5 Å². The number of carbonyl (C=O) groups excluding carboxylic acids is 1. The lowest BCUT2D eigenvalue weighted by atomic mass is 9.93. The quantitative estimate of drug-likeness (QED) is 0.915. The van der Waals surface area contributed by atoms with E-state index >= 15 is 0 Å². The second-order valence-corrected chi connectivity index (χ2v) is 6.53. The monoisotopic (exact) mass is 333 g/mol. The molecule has 3 atom stereocenters. The Morgan fingerprint density at radius 1 is 1.25 bits per heavy atom. The van der Waals surface area contributed by atoms with Crippen LogP contribution in [0.1, 0.15) is 32.6 Å². The number of nitrogens with zero attached hydrogens (tertiary/aromatic N) is 1. The van der Waals surface area contributed by atoms with Crippen molar-refractivity contribution in [2.24, 2.45) is 5.92 Å². The van der Waals surface area contributed by atoms with E-state index in [2.05, 4.69) is 0 Å². The molecule has 3 rings (SSSR count). The van der Waals surface area contributed by atoms with E-state index in [1.54, 1.807) is 11.0 Å². The smallest absolute Gasteiger partial charge is 0.303 e. The Bertz CT molecular complexity index is 617. The lowest BCUT2D eigenvalue weighted by molar-refractivity contribution is -0.146.